The molecule has 10 nitrogen and oxygen atoms in total. The average molecular weight is 703 g/mol. The van der Waals surface area contributed by atoms with Gasteiger partial charge in [0.15, 0.2) is 0 Å². The Morgan fingerprint density at radius 3 is 1.24 bits per heavy atom. The molecule has 0 spiro atoms. The van der Waals surface area contributed by atoms with Gasteiger partial charge in [0, 0.05) is 29.3 Å². The van der Waals surface area contributed by atoms with Crippen molar-refractivity contribution in [3.63, 3.8) is 0 Å². The summed E-state index contributed by atoms with van der Waals surface area (Å²) in [5.74, 6) is -1.99. The second-order valence-electron chi connectivity index (χ2n) is 9.70. The van der Waals surface area contributed by atoms with E-state index in [-0.39, 0.29) is 22.6 Å². The Labute approximate surface area is 271 Å². The molecule has 234 valence electrons. The van der Waals surface area contributed by atoms with Gasteiger partial charge in [0.25, 0.3) is 0 Å². The first-order valence-corrected chi connectivity index (χ1v) is 18.6. The minimum absolute atomic E-state index is 0.116. The highest BCUT2D eigenvalue weighted by atomic mass is 32.2. The fraction of sp³-hybridized carbons (Fsp3) is 0.133. The number of carboxylic acid groups (broad SMARTS) is 2. The highest BCUT2D eigenvalue weighted by Crippen LogP contribution is 2.46. The molecule has 0 saturated carbocycles. The van der Waals surface area contributed by atoms with Crippen molar-refractivity contribution < 1.29 is 36.6 Å². The number of carbonyl (C=O) groups is 2. The fourth-order valence-electron chi connectivity index (χ4n) is 4.56. The molecule has 0 saturated heterocycles. The van der Waals surface area contributed by atoms with Gasteiger partial charge >= 0.3 is 11.9 Å². The van der Waals surface area contributed by atoms with Crippen molar-refractivity contribution >= 4 is 66.0 Å². The van der Waals surface area contributed by atoms with Gasteiger partial charge in [0.1, 0.15) is 0 Å². The average Bonchev–Trinajstić information content (AvgIpc) is 3.75. The molecular weight excluding hydrogens is 677 g/mol. The van der Waals surface area contributed by atoms with Crippen molar-refractivity contribution in [3.05, 3.63) is 83.9 Å². The molecule has 0 bridgehead atoms. The van der Waals surface area contributed by atoms with E-state index in [9.17, 15) is 36.6 Å². The van der Waals surface area contributed by atoms with Crippen LogP contribution in [0.15, 0.2) is 82.6 Å². The Morgan fingerprint density at radius 1 is 0.578 bits per heavy atom. The topological polar surface area (TPSA) is 167 Å². The number of rotatable bonds is 12. The zero-order valence-corrected chi connectivity index (χ0v) is 27.8. The zero-order valence-electron chi connectivity index (χ0n) is 23.7. The summed E-state index contributed by atoms with van der Waals surface area (Å²) < 4.78 is 53.1. The van der Waals surface area contributed by atoms with E-state index < -0.39 is 32.0 Å². The predicted molar refractivity (Wildman–Crippen MR) is 177 cm³/mol. The first-order valence-electron chi connectivity index (χ1n) is 13.2. The van der Waals surface area contributed by atoms with Crippen LogP contribution in [0.4, 0.5) is 0 Å². The Morgan fingerprint density at radius 2 is 0.933 bits per heavy atom. The van der Waals surface area contributed by atoms with E-state index in [0.29, 0.717) is 11.1 Å². The van der Waals surface area contributed by atoms with Crippen LogP contribution in [0.25, 0.3) is 40.4 Å². The normalized spacial score (nSPS) is 12.0. The molecule has 15 heteroatoms. The number of sulfonamides is 2. The van der Waals surface area contributed by atoms with Crippen LogP contribution in [0.2, 0.25) is 0 Å². The molecule has 0 unspecified atom stereocenters. The Hall–Kier alpha value is -3.70. The molecule has 3 heterocycles. The molecule has 45 heavy (non-hydrogen) atoms. The molecule has 0 atom stereocenters. The molecule has 0 amide bonds. The van der Waals surface area contributed by atoms with E-state index in [4.69, 9.17) is 0 Å². The molecule has 0 aliphatic rings. The van der Waals surface area contributed by atoms with Crippen LogP contribution in [0, 0.1) is 0 Å². The summed E-state index contributed by atoms with van der Waals surface area (Å²) in [4.78, 5) is 28.4. The second-order valence-corrected chi connectivity index (χ2v) is 16.7. The molecule has 3 aromatic heterocycles. The second kappa shape index (κ2) is 13.0. The quantitative estimate of drug-likeness (QED) is 0.130. The van der Waals surface area contributed by atoms with E-state index in [0.717, 1.165) is 40.4 Å². The largest absolute Gasteiger partial charge is 0.481 e. The molecule has 2 aromatic carbocycles. The maximum absolute atomic E-state index is 12.1. The third-order valence-corrected chi connectivity index (χ3v) is 13.5. The molecule has 5 rings (SSSR count). The van der Waals surface area contributed by atoms with Crippen LogP contribution in [0.5, 0.6) is 0 Å². The standard InChI is InChI=1S/C30H26N2O8S5/c1-31-44(37,38)21-7-3-17(4-8-21)25-13-19(15-27(33)34)29(42-25)23-11-12-24(41-23)30-20(16-28(35)36)14-26(43-30)18-5-9-22(10-6-18)45(39,40)32-2/h3-14,31-32H,15-16H2,1-2H3,(H,33,34)(H,35,36). The van der Waals surface area contributed by atoms with Gasteiger partial charge in [-0.05, 0) is 84.9 Å². The molecule has 0 fully saturated rings. The van der Waals surface area contributed by atoms with Crippen molar-refractivity contribution in [2.45, 2.75) is 22.6 Å². The van der Waals surface area contributed by atoms with Crippen molar-refractivity contribution in [2.75, 3.05) is 14.1 Å². The third kappa shape index (κ3) is 7.09. The van der Waals surface area contributed by atoms with E-state index in [2.05, 4.69) is 9.44 Å². The van der Waals surface area contributed by atoms with Crippen molar-refractivity contribution in [1.82, 2.24) is 9.44 Å². The van der Waals surface area contributed by atoms with Gasteiger partial charge in [0.2, 0.25) is 20.0 Å². The van der Waals surface area contributed by atoms with Gasteiger partial charge in [0.05, 0.1) is 22.6 Å². The number of benzene rings is 2. The number of thiophene rings is 3. The summed E-state index contributed by atoms with van der Waals surface area (Å²) >= 11 is 4.20. The lowest BCUT2D eigenvalue weighted by molar-refractivity contribution is -0.137. The lowest BCUT2D eigenvalue weighted by atomic mass is 10.1. The fourth-order valence-corrected chi connectivity index (χ4v) is 9.69. The lowest BCUT2D eigenvalue weighted by Crippen LogP contribution is -2.18. The minimum Gasteiger partial charge on any atom is -0.481 e. The smallest absolute Gasteiger partial charge is 0.307 e. The molecule has 4 N–H and O–H groups in total. The predicted octanol–water partition coefficient (Wildman–Crippen LogP) is 5.61. The van der Waals surface area contributed by atoms with Crippen LogP contribution in [-0.4, -0.2) is 53.1 Å². The van der Waals surface area contributed by atoms with Gasteiger partial charge < -0.3 is 10.2 Å². The van der Waals surface area contributed by atoms with Crippen molar-refractivity contribution in [3.8, 4) is 40.4 Å². The Bertz CT molecular complexity index is 1960. The maximum Gasteiger partial charge on any atom is 0.307 e. The first kappa shape index (κ1) is 32.7. The van der Waals surface area contributed by atoms with E-state index >= 15 is 0 Å². The maximum atomic E-state index is 12.1. The Balaban J connectivity index is 1.52. The summed E-state index contributed by atoms with van der Waals surface area (Å²) in [5, 5.41) is 19.2. The lowest BCUT2D eigenvalue weighted by Gasteiger charge is -2.03. The number of nitrogens with one attached hydrogen (secondary N) is 2. The molecule has 5 aromatic rings. The van der Waals surface area contributed by atoms with Crippen LogP contribution < -0.4 is 9.44 Å². The van der Waals surface area contributed by atoms with Crippen LogP contribution >= 0.6 is 34.0 Å². The van der Waals surface area contributed by atoms with E-state index in [1.54, 1.807) is 36.4 Å². The van der Waals surface area contributed by atoms with E-state index in [1.807, 2.05) is 12.1 Å². The van der Waals surface area contributed by atoms with Crippen LogP contribution in [-0.2, 0) is 42.5 Å². The zero-order chi connectivity index (χ0) is 32.5. The monoisotopic (exact) mass is 702 g/mol. The minimum atomic E-state index is -3.60. The number of aliphatic carboxylic acids is 2. The summed E-state index contributed by atoms with van der Waals surface area (Å²) in [6, 6.07) is 20.0. The number of hydrogen-bond acceptors (Lipinski definition) is 9. The van der Waals surface area contributed by atoms with Gasteiger partial charge in [-0.3, -0.25) is 9.59 Å². The van der Waals surface area contributed by atoms with Gasteiger partial charge in [-0.25, -0.2) is 26.3 Å². The van der Waals surface area contributed by atoms with Crippen LogP contribution in [0.3, 0.4) is 0 Å². The first-order chi connectivity index (χ1) is 21.3. The summed E-state index contributed by atoms with van der Waals surface area (Å²) in [5.41, 5.74) is 2.70. The molecule has 0 aliphatic heterocycles. The summed E-state index contributed by atoms with van der Waals surface area (Å²) in [7, 11) is -4.54. The van der Waals surface area contributed by atoms with Gasteiger partial charge in [-0.1, -0.05) is 24.3 Å². The highest BCUT2D eigenvalue weighted by Gasteiger charge is 2.21. The van der Waals surface area contributed by atoms with Gasteiger partial charge in [-0.15, -0.1) is 34.0 Å². The van der Waals surface area contributed by atoms with Crippen molar-refractivity contribution in [2.24, 2.45) is 0 Å². The molecule has 0 radical (unpaired) electrons. The number of carboxylic acids is 2. The SMILES string of the molecule is CNS(=O)(=O)c1ccc(-c2cc(CC(=O)O)c(-c3ccc(-c4sc(-c5ccc(S(=O)(=O)NC)cc5)cc4CC(=O)O)s3)s2)cc1. The number of hydrogen-bond donors (Lipinski definition) is 4. The summed E-state index contributed by atoms with van der Waals surface area (Å²) in [6.07, 6.45) is -0.421. The molecular formula is C30H26N2O8S5. The van der Waals surface area contributed by atoms with E-state index in [1.165, 1.54) is 72.4 Å². The molecule has 0 aliphatic carbocycles. The third-order valence-electron chi connectivity index (χ3n) is 6.79. The van der Waals surface area contributed by atoms with Crippen molar-refractivity contribution in [1.29, 1.82) is 0 Å². The van der Waals surface area contributed by atoms with Crippen LogP contribution in [0.1, 0.15) is 11.1 Å². The Kier molecular flexibility index (Phi) is 9.41. The van der Waals surface area contributed by atoms with Gasteiger partial charge in [-0.2, -0.15) is 0 Å². The highest BCUT2D eigenvalue weighted by molar-refractivity contribution is 7.89. The summed E-state index contributed by atoms with van der Waals surface area (Å²) in [6.45, 7) is 0.